The molecule has 3 N–H and O–H groups in total. The van der Waals surface area contributed by atoms with E-state index in [0.717, 1.165) is 51.4 Å². The number of amides is 1. The second-order valence-electron chi connectivity index (χ2n) is 25.3. The van der Waals surface area contributed by atoms with Crippen LogP contribution < -0.4 is 5.32 Å². The topological polar surface area (TPSA) is 95.9 Å². The number of aliphatic hydroxyl groups is 2. The highest BCUT2D eigenvalue weighted by atomic mass is 16.5. The molecule has 0 radical (unpaired) electrons. The summed E-state index contributed by atoms with van der Waals surface area (Å²) in [4.78, 5) is 24.6. The lowest BCUT2D eigenvalue weighted by molar-refractivity contribution is -0.143. The number of rotatable bonds is 69. The first kappa shape index (κ1) is 79.8. The Morgan fingerprint density at radius 2 is 0.610 bits per heavy atom. The van der Waals surface area contributed by atoms with E-state index >= 15 is 0 Å². The Hall–Kier alpha value is -2.18. The molecule has 0 bridgehead atoms. The minimum atomic E-state index is -0.848. The fraction of sp³-hybridized carbons (Fsp3) is 0.868. The normalized spacial score (nSPS) is 12.8. The largest absolute Gasteiger partial charge is 0.466 e. The maximum atomic E-state index is 12.5. The summed E-state index contributed by atoms with van der Waals surface area (Å²) in [6.07, 6.45) is 93.4. The monoisotopic (exact) mass is 1150 g/mol. The maximum Gasteiger partial charge on any atom is 0.305 e. The maximum absolute atomic E-state index is 12.5. The van der Waals surface area contributed by atoms with Crippen LogP contribution >= 0.6 is 0 Å². The van der Waals surface area contributed by atoms with Gasteiger partial charge in [0.2, 0.25) is 5.91 Å². The van der Waals surface area contributed by atoms with Crippen molar-refractivity contribution in [3.8, 4) is 0 Å². The molecule has 0 rings (SSSR count). The van der Waals surface area contributed by atoms with Gasteiger partial charge in [-0.15, -0.1) is 0 Å². The molecule has 2 atom stereocenters. The molecule has 0 heterocycles. The molecular weight excluding hydrogens is 1010 g/mol. The Bertz CT molecular complexity index is 1370. The van der Waals surface area contributed by atoms with Crippen LogP contribution in [-0.4, -0.2) is 47.4 Å². The first-order valence-electron chi connectivity index (χ1n) is 36.9. The van der Waals surface area contributed by atoms with Gasteiger partial charge in [-0.05, 0) is 89.9 Å². The van der Waals surface area contributed by atoms with Crippen molar-refractivity contribution in [3.63, 3.8) is 0 Å². The molecule has 82 heavy (non-hydrogen) atoms. The number of nitrogens with one attached hydrogen (secondary N) is 1. The molecule has 0 aromatic carbocycles. The van der Waals surface area contributed by atoms with E-state index in [-0.39, 0.29) is 18.5 Å². The molecule has 482 valence electrons. The summed E-state index contributed by atoms with van der Waals surface area (Å²) >= 11 is 0. The Morgan fingerprint density at radius 1 is 0.341 bits per heavy atom. The highest BCUT2D eigenvalue weighted by Crippen LogP contribution is 2.18. The highest BCUT2D eigenvalue weighted by molar-refractivity contribution is 5.76. The van der Waals surface area contributed by atoms with Crippen molar-refractivity contribution in [2.24, 2.45) is 0 Å². The number of aliphatic hydroxyl groups excluding tert-OH is 2. The zero-order valence-corrected chi connectivity index (χ0v) is 55.2. The van der Waals surface area contributed by atoms with Crippen LogP contribution in [0.3, 0.4) is 0 Å². The molecule has 1 amide bonds. The van der Waals surface area contributed by atoms with Crippen molar-refractivity contribution >= 4 is 11.9 Å². The van der Waals surface area contributed by atoms with Crippen LogP contribution in [0.5, 0.6) is 0 Å². The van der Waals surface area contributed by atoms with E-state index in [9.17, 15) is 19.8 Å². The summed E-state index contributed by atoms with van der Waals surface area (Å²) < 4.78 is 5.50. The lowest BCUT2D eigenvalue weighted by Gasteiger charge is -2.20. The average Bonchev–Trinajstić information content (AvgIpc) is 3.48. The number of unbranched alkanes of at least 4 members (excludes halogenated alkanes) is 52. The average molecular weight is 1150 g/mol. The molecule has 6 heteroatoms. The number of ether oxygens (including phenoxy) is 1. The third kappa shape index (κ3) is 67.0. The minimum Gasteiger partial charge on any atom is -0.466 e. The van der Waals surface area contributed by atoms with Gasteiger partial charge in [0.25, 0.3) is 0 Å². The van der Waals surface area contributed by atoms with Crippen LogP contribution in [0.15, 0.2) is 48.6 Å². The molecule has 6 nitrogen and oxygen atoms in total. The number of carbonyl (C=O) groups excluding carboxylic acids is 2. The fourth-order valence-electron chi connectivity index (χ4n) is 11.4. The standard InChI is InChI=1S/C76H143NO5/c1-3-5-7-9-11-13-15-17-19-21-22-23-30-33-37-40-44-48-52-56-60-64-68-74(79)73(72-78)77-75(80)69-65-61-57-53-49-45-41-38-34-31-28-26-24-25-27-29-32-35-39-43-47-51-55-59-63-67-71-82-76(81)70-66-62-58-54-50-46-42-36-20-18-16-14-12-10-8-6-4-2/h12,14,18,20,24,26,64,68,73-74,78-79H,3-11,13,15-17,19,21-23,25,27-63,65-67,69-72H2,1-2H3,(H,77,80)/b14-12-,20-18-,26-24-,68-64+. The van der Waals surface area contributed by atoms with E-state index in [1.807, 2.05) is 6.08 Å². The van der Waals surface area contributed by atoms with Crippen molar-refractivity contribution in [1.82, 2.24) is 5.32 Å². The van der Waals surface area contributed by atoms with Crippen LogP contribution in [-0.2, 0) is 14.3 Å². The number of allylic oxidation sites excluding steroid dienone is 7. The third-order valence-electron chi connectivity index (χ3n) is 17.1. The summed E-state index contributed by atoms with van der Waals surface area (Å²) in [6.45, 7) is 4.91. The second kappa shape index (κ2) is 71.3. The van der Waals surface area contributed by atoms with Gasteiger partial charge in [0, 0.05) is 12.8 Å². The predicted molar refractivity (Wildman–Crippen MR) is 361 cm³/mol. The predicted octanol–water partition coefficient (Wildman–Crippen LogP) is 24.0. The number of hydrogen-bond donors (Lipinski definition) is 3. The van der Waals surface area contributed by atoms with Crippen molar-refractivity contribution in [3.05, 3.63) is 48.6 Å². The van der Waals surface area contributed by atoms with Crippen molar-refractivity contribution in [2.45, 2.75) is 411 Å². The second-order valence-corrected chi connectivity index (χ2v) is 25.3. The molecule has 0 aliphatic carbocycles. The molecule has 0 fully saturated rings. The summed E-state index contributed by atoms with van der Waals surface area (Å²) in [7, 11) is 0. The van der Waals surface area contributed by atoms with Crippen molar-refractivity contribution in [2.75, 3.05) is 13.2 Å². The summed E-state index contributed by atoms with van der Waals surface area (Å²) in [5.41, 5.74) is 0. The SMILES string of the molecule is CCCCC/C=C\C/C=C\CCCCCCCCCC(=O)OCCCCCCCCCCCCCC/C=C\CCCCCCCCCCCCC(=O)NC(CO)C(O)/C=C/CCCCCCCCCCCCCCCCCCCCCC. The molecule has 0 saturated heterocycles. The van der Waals surface area contributed by atoms with E-state index in [2.05, 4.69) is 55.6 Å². The first-order valence-corrected chi connectivity index (χ1v) is 36.9. The van der Waals surface area contributed by atoms with E-state index in [1.165, 1.54) is 321 Å². The Kier molecular flexibility index (Phi) is 69.4. The molecule has 0 saturated carbocycles. The Balaban J connectivity index is 3.42. The minimum absolute atomic E-state index is 0.00650. The third-order valence-corrected chi connectivity index (χ3v) is 17.1. The molecule has 0 spiro atoms. The molecule has 2 unspecified atom stereocenters. The molecule has 0 aromatic rings. The number of carbonyl (C=O) groups is 2. The zero-order valence-electron chi connectivity index (χ0n) is 55.2. The van der Waals surface area contributed by atoms with Gasteiger partial charge in [-0.2, -0.15) is 0 Å². The lowest BCUT2D eigenvalue weighted by atomic mass is 10.0. The van der Waals surface area contributed by atoms with Crippen LogP contribution in [0.4, 0.5) is 0 Å². The lowest BCUT2D eigenvalue weighted by Crippen LogP contribution is -2.45. The van der Waals surface area contributed by atoms with Gasteiger partial charge < -0.3 is 20.3 Å². The van der Waals surface area contributed by atoms with Gasteiger partial charge in [-0.1, -0.05) is 345 Å². The van der Waals surface area contributed by atoms with Crippen LogP contribution in [0.1, 0.15) is 399 Å². The van der Waals surface area contributed by atoms with E-state index < -0.39 is 12.1 Å². The Labute approximate surface area is 512 Å². The van der Waals surface area contributed by atoms with Crippen molar-refractivity contribution < 1.29 is 24.5 Å². The van der Waals surface area contributed by atoms with Crippen LogP contribution in [0.25, 0.3) is 0 Å². The van der Waals surface area contributed by atoms with E-state index in [4.69, 9.17) is 4.74 Å². The van der Waals surface area contributed by atoms with Gasteiger partial charge in [-0.25, -0.2) is 0 Å². The summed E-state index contributed by atoms with van der Waals surface area (Å²) in [5, 5.41) is 23.3. The number of esters is 1. The summed E-state index contributed by atoms with van der Waals surface area (Å²) in [5.74, 6) is -0.0598. The van der Waals surface area contributed by atoms with Crippen LogP contribution in [0, 0.1) is 0 Å². The zero-order chi connectivity index (χ0) is 59.2. The molecule has 0 aliphatic heterocycles. The summed E-state index contributed by atoms with van der Waals surface area (Å²) in [6, 6.07) is -0.631. The highest BCUT2D eigenvalue weighted by Gasteiger charge is 2.18. The van der Waals surface area contributed by atoms with E-state index in [1.54, 1.807) is 6.08 Å². The Morgan fingerprint density at radius 3 is 0.963 bits per heavy atom. The van der Waals surface area contributed by atoms with Crippen LogP contribution in [0.2, 0.25) is 0 Å². The number of hydrogen-bond acceptors (Lipinski definition) is 5. The quantitative estimate of drug-likeness (QED) is 0.0320. The van der Waals surface area contributed by atoms with Gasteiger partial charge in [0.1, 0.15) is 0 Å². The van der Waals surface area contributed by atoms with Gasteiger partial charge >= 0.3 is 5.97 Å². The van der Waals surface area contributed by atoms with Crippen molar-refractivity contribution in [1.29, 1.82) is 0 Å². The van der Waals surface area contributed by atoms with Gasteiger partial charge in [0.15, 0.2) is 0 Å². The molecule has 0 aromatic heterocycles. The van der Waals surface area contributed by atoms with Gasteiger partial charge in [0.05, 0.1) is 25.4 Å². The molecule has 0 aliphatic rings. The molecular formula is C76H143NO5. The van der Waals surface area contributed by atoms with Gasteiger partial charge in [-0.3, -0.25) is 9.59 Å². The smallest absolute Gasteiger partial charge is 0.305 e. The van der Waals surface area contributed by atoms with E-state index in [0.29, 0.717) is 19.4 Å². The first-order chi connectivity index (χ1) is 40.5. The fourth-order valence-corrected chi connectivity index (χ4v) is 11.4.